The summed E-state index contributed by atoms with van der Waals surface area (Å²) in [6.07, 6.45) is 6.77. The quantitative estimate of drug-likeness (QED) is 0.782. The molecule has 1 aliphatic heterocycles. The van der Waals surface area contributed by atoms with E-state index in [1.54, 1.807) is 0 Å². The van der Waals surface area contributed by atoms with E-state index < -0.39 is 0 Å². The lowest BCUT2D eigenvalue weighted by Crippen LogP contribution is -2.20. The van der Waals surface area contributed by atoms with E-state index in [9.17, 15) is 9.90 Å². The first-order chi connectivity index (χ1) is 11.5. The molecule has 1 N–H and O–H groups in total. The van der Waals surface area contributed by atoms with Gasteiger partial charge in [-0.05, 0) is 54.7 Å². The first-order valence-corrected chi connectivity index (χ1v) is 8.59. The number of aliphatic imine (C=N–C) groups is 1. The molecule has 4 heteroatoms. The summed E-state index contributed by atoms with van der Waals surface area (Å²) in [4.78, 5) is 20.0. The highest BCUT2D eigenvalue weighted by Gasteiger charge is 2.09. The summed E-state index contributed by atoms with van der Waals surface area (Å²) >= 11 is 0. The molecule has 0 saturated heterocycles. The minimum absolute atomic E-state index is 0.205. The fourth-order valence-corrected chi connectivity index (χ4v) is 2.86. The number of nitrogens with zero attached hydrogens (tertiary/aromatic N) is 2. The predicted molar refractivity (Wildman–Crippen MR) is 98.5 cm³/mol. The molecule has 0 aromatic heterocycles. The van der Waals surface area contributed by atoms with Crippen LogP contribution in [-0.2, 0) is 4.79 Å². The molecule has 0 saturated carbocycles. The second-order valence-corrected chi connectivity index (χ2v) is 6.25. The largest absolute Gasteiger partial charge is 0.393 e. The van der Waals surface area contributed by atoms with Crippen molar-refractivity contribution in [3.05, 3.63) is 39.9 Å². The number of carbonyl (C=O) groups excluding carboxylic acids is 1. The van der Waals surface area contributed by atoms with Crippen LogP contribution in [0.15, 0.2) is 33.8 Å². The molecule has 0 fully saturated rings. The molecule has 2 rings (SSSR count). The maximum absolute atomic E-state index is 11.4. The lowest BCUT2D eigenvalue weighted by molar-refractivity contribution is -0.115. The smallest absolute Gasteiger partial charge is 0.242 e. The van der Waals surface area contributed by atoms with Crippen LogP contribution in [0.1, 0.15) is 52.0 Å². The van der Waals surface area contributed by atoms with Crippen LogP contribution in [0.25, 0.3) is 12.2 Å². The van der Waals surface area contributed by atoms with Gasteiger partial charge in [-0.3, -0.25) is 9.79 Å². The van der Waals surface area contributed by atoms with Crippen molar-refractivity contribution in [2.45, 2.75) is 52.6 Å². The lowest BCUT2D eigenvalue weighted by Gasteiger charge is -2.11. The van der Waals surface area contributed by atoms with Gasteiger partial charge in [-0.15, -0.1) is 0 Å². The minimum atomic E-state index is -0.337. The Morgan fingerprint density at radius 3 is 2.88 bits per heavy atom. The van der Waals surface area contributed by atoms with Gasteiger partial charge >= 0.3 is 0 Å². The van der Waals surface area contributed by atoms with Crippen molar-refractivity contribution in [3.8, 4) is 0 Å². The van der Waals surface area contributed by atoms with Crippen molar-refractivity contribution in [1.29, 1.82) is 0 Å². The fourth-order valence-electron chi connectivity index (χ4n) is 2.86. The molecular formula is C20H26N2O2. The van der Waals surface area contributed by atoms with Crippen LogP contribution < -0.4 is 10.6 Å². The number of hydrogen-bond acceptors (Lipinski definition) is 3. The predicted octanol–water partition coefficient (Wildman–Crippen LogP) is 2.43. The third-order valence-electron chi connectivity index (χ3n) is 4.09. The molecule has 0 bridgehead atoms. The number of amides is 1. The average molecular weight is 326 g/mol. The van der Waals surface area contributed by atoms with Gasteiger partial charge < -0.3 is 5.11 Å². The number of benzene rings is 1. The van der Waals surface area contributed by atoms with E-state index >= 15 is 0 Å². The molecule has 1 amide bonds. The number of allylic oxidation sites excluding steroid dienone is 1. The van der Waals surface area contributed by atoms with Gasteiger partial charge in [0, 0.05) is 12.6 Å². The third-order valence-corrected chi connectivity index (χ3v) is 4.09. The first-order valence-electron chi connectivity index (χ1n) is 8.59. The van der Waals surface area contributed by atoms with Gasteiger partial charge in [0.05, 0.1) is 18.0 Å². The molecule has 24 heavy (non-hydrogen) atoms. The second kappa shape index (κ2) is 8.69. The van der Waals surface area contributed by atoms with Crippen molar-refractivity contribution in [2.24, 2.45) is 9.98 Å². The maximum atomic E-state index is 11.4. The highest BCUT2D eigenvalue weighted by atomic mass is 16.3. The van der Waals surface area contributed by atoms with Gasteiger partial charge in [0.25, 0.3) is 0 Å². The van der Waals surface area contributed by atoms with Crippen molar-refractivity contribution < 1.29 is 9.90 Å². The summed E-state index contributed by atoms with van der Waals surface area (Å²) in [5.41, 5.74) is 2.79. The summed E-state index contributed by atoms with van der Waals surface area (Å²) in [6.45, 7) is 6.22. The van der Waals surface area contributed by atoms with E-state index in [1.165, 1.54) is 6.92 Å². The monoisotopic (exact) mass is 326 g/mol. The molecule has 1 aliphatic rings. The van der Waals surface area contributed by atoms with Crippen molar-refractivity contribution >= 4 is 23.8 Å². The van der Waals surface area contributed by atoms with Gasteiger partial charge in [-0.1, -0.05) is 31.6 Å². The molecule has 0 spiro atoms. The minimum Gasteiger partial charge on any atom is -0.393 e. The average Bonchev–Trinajstić information content (AvgIpc) is 2.99. The van der Waals surface area contributed by atoms with Gasteiger partial charge in [0.1, 0.15) is 0 Å². The van der Waals surface area contributed by atoms with Gasteiger partial charge in [0.15, 0.2) is 0 Å². The Kier molecular flexibility index (Phi) is 6.62. The highest BCUT2D eigenvalue weighted by Crippen LogP contribution is 2.13. The standard InChI is InChI=1S/C20H26N2O2/c1-4-5-18(24)7-9-19(22-15(3)23)14(2)12-16-6-8-20-17(13-16)10-11-21-20/h6,8,10,12-13,18,24H,4-5,7,9,11H2,1-3H3/b14-12+,22-19?. The second-order valence-electron chi connectivity index (χ2n) is 6.25. The van der Waals surface area contributed by atoms with Crippen LogP contribution in [0.5, 0.6) is 0 Å². The number of carbonyl (C=O) groups is 1. The van der Waals surface area contributed by atoms with Crippen LogP contribution in [0.3, 0.4) is 0 Å². The molecule has 0 aliphatic carbocycles. The Labute approximate surface area is 143 Å². The SMILES string of the molecule is CCCC(O)CCC(=NC(C)=O)/C(C)=C/c1ccc2c(c1)=CCN=2. The van der Waals surface area contributed by atoms with Crippen molar-refractivity contribution in [1.82, 2.24) is 0 Å². The lowest BCUT2D eigenvalue weighted by atomic mass is 10.0. The van der Waals surface area contributed by atoms with Gasteiger partial charge in [0.2, 0.25) is 5.91 Å². The Balaban J connectivity index is 2.19. The van der Waals surface area contributed by atoms with Crippen LogP contribution in [0, 0.1) is 0 Å². The molecule has 0 radical (unpaired) electrons. The summed E-state index contributed by atoms with van der Waals surface area (Å²) in [6, 6.07) is 6.15. The number of aliphatic hydroxyl groups excluding tert-OH is 1. The van der Waals surface area contributed by atoms with Crippen LogP contribution in [-0.4, -0.2) is 29.4 Å². The number of hydrogen-bond donors (Lipinski definition) is 1. The summed E-state index contributed by atoms with van der Waals surface area (Å²) in [5.74, 6) is -0.205. The molecule has 1 aromatic carbocycles. The number of rotatable bonds is 7. The van der Waals surface area contributed by atoms with E-state index in [2.05, 4.69) is 29.1 Å². The molecular weight excluding hydrogens is 300 g/mol. The zero-order chi connectivity index (χ0) is 17.5. The first kappa shape index (κ1) is 18.3. The van der Waals surface area contributed by atoms with Crippen molar-refractivity contribution in [2.75, 3.05) is 6.54 Å². The van der Waals surface area contributed by atoms with Crippen molar-refractivity contribution in [3.63, 3.8) is 0 Å². The van der Waals surface area contributed by atoms with Crippen LogP contribution >= 0.6 is 0 Å². The zero-order valence-corrected chi connectivity index (χ0v) is 14.7. The molecule has 1 atom stereocenters. The van der Waals surface area contributed by atoms with Crippen LogP contribution in [0.4, 0.5) is 0 Å². The topological polar surface area (TPSA) is 62.0 Å². The Hall–Kier alpha value is -2.07. The molecule has 128 valence electrons. The number of fused-ring (bicyclic) bond motifs is 1. The third kappa shape index (κ3) is 5.24. The Morgan fingerprint density at radius 1 is 1.38 bits per heavy atom. The van der Waals surface area contributed by atoms with E-state index in [4.69, 9.17) is 0 Å². The Bertz CT molecular complexity index is 775. The van der Waals surface area contributed by atoms with E-state index in [1.807, 2.05) is 25.1 Å². The van der Waals surface area contributed by atoms with E-state index in [0.717, 1.165) is 46.8 Å². The molecule has 1 aromatic rings. The molecule has 1 heterocycles. The van der Waals surface area contributed by atoms with Gasteiger partial charge in [-0.2, -0.15) is 0 Å². The van der Waals surface area contributed by atoms with E-state index in [0.29, 0.717) is 12.8 Å². The van der Waals surface area contributed by atoms with Gasteiger partial charge in [-0.25, -0.2) is 4.99 Å². The summed E-state index contributed by atoms with van der Waals surface area (Å²) in [5, 5.41) is 12.1. The highest BCUT2D eigenvalue weighted by molar-refractivity contribution is 6.08. The molecule has 1 unspecified atom stereocenters. The Morgan fingerprint density at radius 2 is 2.17 bits per heavy atom. The zero-order valence-electron chi connectivity index (χ0n) is 14.7. The van der Waals surface area contributed by atoms with Crippen LogP contribution in [0.2, 0.25) is 0 Å². The normalized spacial score (nSPS) is 15.5. The maximum Gasteiger partial charge on any atom is 0.242 e. The van der Waals surface area contributed by atoms with E-state index in [-0.39, 0.29) is 12.0 Å². The fraction of sp³-hybridized carbons (Fsp3) is 0.450. The summed E-state index contributed by atoms with van der Waals surface area (Å²) < 4.78 is 0. The number of aliphatic hydroxyl groups is 1. The summed E-state index contributed by atoms with van der Waals surface area (Å²) in [7, 11) is 0. The molecule has 4 nitrogen and oxygen atoms in total.